The van der Waals surface area contributed by atoms with E-state index in [2.05, 4.69) is 0 Å². The summed E-state index contributed by atoms with van der Waals surface area (Å²) in [5.41, 5.74) is -3.20. The second kappa shape index (κ2) is 5.79. The van der Waals surface area contributed by atoms with Crippen molar-refractivity contribution in [3.63, 3.8) is 0 Å². The minimum atomic E-state index is -4.91. The van der Waals surface area contributed by atoms with Crippen molar-refractivity contribution in [1.29, 1.82) is 0 Å². The smallest absolute Gasteiger partial charge is 0.345 e. The van der Waals surface area contributed by atoms with Gasteiger partial charge in [-0.2, -0.15) is 26.3 Å². The van der Waals surface area contributed by atoms with Gasteiger partial charge in [-0.05, 0) is 29.8 Å². The van der Waals surface area contributed by atoms with Gasteiger partial charge in [-0.1, -0.05) is 0 Å². The molecule has 116 valence electrons. The number of hydrogen-bond acceptors (Lipinski definition) is 1. The van der Waals surface area contributed by atoms with Crippen molar-refractivity contribution in [3.8, 4) is 0 Å². The first-order chi connectivity index (χ1) is 9.41. The number of carbonyl (C=O) groups is 1. The van der Waals surface area contributed by atoms with Crippen molar-refractivity contribution in [2.75, 3.05) is 14.1 Å². The maximum absolute atomic E-state index is 12.6. The largest absolute Gasteiger partial charge is 0.416 e. The van der Waals surface area contributed by atoms with E-state index in [-0.39, 0.29) is 11.6 Å². The number of benzene rings is 1. The molecule has 1 rings (SSSR count). The molecule has 0 aliphatic rings. The van der Waals surface area contributed by atoms with Crippen LogP contribution in [0.3, 0.4) is 0 Å². The first kappa shape index (κ1) is 17.1. The van der Waals surface area contributed by atoms with Gasteiger partial charge in [-0.25, -0.2) is 0 Å². The molecular weight excluding hydrogens is 300 g/mol. The van der Waals surface area contributed by atoms with Crippen LogP contribution in [0.4, 0.5) is 26.3 Å². The summed E-state index contributed by atoms with van der Waals surface area (Å²) in [5, 5.41) is 0. The van der Waals surface area contributed by atoms with Crippen molar-refractivity contribution >= 4 is 12.0 Å². The molecule has 1 aromatic rings. The summed E-state index contributed by atoms with van der Waals surface area (Å²) in [7, 11) is 2.81. The molecule has 0 radical (unpaired) electrons. The van der Waals surface area contributed by atoms with Crippen molar-refractivity contribution in [2.45, 2.75) is 12.4 Å². The molecule has 0 bridgehead atoms. The Labute approximate surface area is 116 Å². The van der Waals surface area contributed by atoms with Gasteiger partial charge in [-0.3, -0.25) is 4.79 Å². The highest BCUT2D eigenvalue weighted by molar-refractivity contribution is 5.91. The van der Waals surface area contributed by atoms with E-state index in [1.54, 1.807) is 0 Å². The summed E-state index contributed by atoms with van der Waals surface area (Å²) >= 11 is 0. The van der Waals surface area contributed by atoms with Crippen LogP contribution in [0, 0.1) is 0 Å². The lowest BCUT2D eigenvalue weighted by Crippen LogP contribution is -2.18. The summed E-state index contributed by atoms with van der Waals surface area (Å²) in [5.74, 6) is -0.555. The highest BCUT2D eigenvalue weighted by Gasteiger charge is 2.36. The quantitative estimate of drug-likeness (QED) is 0.600. The topological polar surface area (TPSA) is 20.3 Å². The molecule has 2 nitrogen and oxygen atoms in total. The second-order valence-corrected chi connectivity index (χ2v) is 4.41. The molecule has 0 saturated carbocycles. The molecule has 1 aromatic carbocycles. The number of nitrogens with zero attached hydrogens (tertiary/aromatic N) is 1. The van der Waals surface area contributed by atoms with E-state index >= 15 is 0 Å². The van der Waals surface area contributed by atoms with Crippen molar-refractivity contribution < 1.29 is 31.1 Å². The Morgan fingerprint density at radius 1 is 0.952 bits per heavy atom. The molecule has 0 aliphatic carbocycles. The van der Waals surface area contributed by atoms with E-state index in [1.807, 2.05) is 0 Å². The third-order valence-corrected chi connectivity index (χ3v) is 2.47. The van der Waals surface area contributed by atoms with E-state index < -0.39 is 29.4 Å². The first-order valence-electron chi connectivity index (χ1n) is 5.60. The maximum Gasteiger partial charge on any atom is 0.416 e. The highest BCUT2D eigenvalue weighted by Crippen LogP contribution is 2.36. The van der Waals surface area contributed by atoms with Crippen LogP contribution in [-0.2, 0) is 17.1 Å². The Kier molecular flexibility index (Phi) is 4.70. The highest BCUT2D eigenvalue weighted by atomic mass is 19.4. The normalized spacial score (nSPS) is 12.8. The molecule has 1 amide bonds. The van der Waals surface area contributed by atoms with Crippen LogP contribution in [-0.4, -0.2) is 24.9 Å². The van der Waals surface area contributed by atoms with Gasteiger partial charge in [0.1, 0.15) is 0 Å². The van der Waals surface area contributed by atoms with E-state index in [4.69, 9.17) is 0 Å². The average Bonchev–Trinajstić information content (AvgIpc) is 2.33. The number of rotatable bonds is 2. The molecule has 8 heteroatoms. The Morgan fingerprint density at radius 3 is 1.71 bits per heavy atom. The summed E-state index contributed by atoms with van der Waals surface area (Å²) < 4.78 is 75.6. The van der Waals surface area contributed by atoms with Crippen LogP contribution in [0.15, 0.2) is 24.3 Å². The number of likely N-dealkylation sites (N-methyl/N-ethyl adjacent to an activating group) is 1. The van der Waals surface area contributed by atoms with Crippen LogP contribution >= 0.6 is 0 Å². The lowest BCUT2D eigenvalue weighted by Gasteiger charge is -2.13. The standard InChI is InChI=1S/C13H11F6NO/c1-20(2)11(21)4-3-8-5-9(12(14,15)16)7-10(6-8)13(17,18)19/h3-7H,1-2H3. The van der Waals surface area contributed by atoms with Gasteiger partial charge in [0.25, 0.3) is 0 Å². The zero-order valence-corrected chi connectivity index (χ0v) is 11.0. The third kappa shape index (κ3) is 4.80. The van der Waals surface area contributed by atoms with E-state index in [0.717, 1.165) is 17.1 Å². The number of hydrogen-bond donors (Lipinski definition) is 0. The Bertz CT molecular complexity index is 525. The van der Waals surface area contributed by atoms with Gasteiger partial charge in [0.15, 0.2) is 0 Å². The van der Waals surface area contributed by atoms with Gasteiger partial charge >= 0.3 is 12.4 Å². The summed E-state index contributed by atoms with van der Waals surface area (Å²) in [6.07, 6.45) is -8.01. The third-order valence-electron chi connectivity index (χ3n) is 2.47. The Balaban J connectivity index is 3.30. The average molecular weight is 311 g/mol. The molecule has 21 heavy (non-hydrogen) atoms. The molecule has 0 atom stereocenters. The number of carbonyl (C=O) groups excluding carboxylic acids is 1. The minimum Gasteiger partial charge on any atom is -0.345 e. The predicted molar refractivity (Wildman–Crippen MR) is 64.2 cm³/mol. The second-order valence-electron chi connectivity index (χ2n) is 4.41. The summed E-state index contributed by atoms with van der Waals surface area (Å²) in [4.78, 5) is 12.4. The molecule has 0 aliphatic heterocycles. The van der Waals surface area contributed by atoms with Crippen LogP contribution < -0.4 is 0 Å². The van der Waals surface area contributed by atoms with E-state index in [0.29, 0.717) is 12.1 Å². The lowest BCUT2D eigenvalue weighted by molar-refractivity contribution is -0.143. The molecule has 0 N–H and O–H groups in total. The summed E-state index contributed by atoms with van der Waals surface area (Å²) in [6, 6.07) is 1.13. The van der Waals surface area contributed by atoms with Crippen LogP contribution in [0.5, 0.6) is 0 Å². The van der Waals surface area contributed by atoms with Gasteiger partial charge < -0.3 is 4.90 Å². The van der Waals surface area contributed by atoms with Crippen molar-refractivity contribution in [3.05, 3.63) is 41.0 Å². The Hall–Kier alpha value is -1.99. The molecular formula is C13H11F6NO. The predicted octanol–water partition coefficient (Wildman–Crippen LogP) is 3.83. The van der Waals surface area contributed by atoms with E-state index in [1.165, 1.54) is 14.1 Å². The van der Waals surface area contributed by atoms with Crippen LogP contribution in [0.1, 0.15) is 16.7 Å². The zero-order valence-electron chi connectivity index (χ0n) is 11.0. The van der Waals surface area contributed by atoms with Crippen molar-refractivity contribution in [1.82, 2.24) is 4.90 Å². The molecule has 0 heterocycles. The van der Waals surface area contributed by atoms with Crippen molar-refractivity contribution in [2.24, 2.45) is 0 Å². The summed E-state index contributed by atoms with van der Waals surface area (Å²) in [6.45, 7) is 0. The maximum atomic E-state index is 12.6. The van der Waals surface area contributed by atoms with Crippen LogP contribution in [0.2, 0.25) is 0 Å². The molecule has 0 saturated heterocycles. The van der Waals surface area contributed by atoms with Gasteiger partial charge in [0, 0.05) is 20.2 Å². The monoisotopic (exact) mass is 311 g/mol. The molecule has 0 aromatic heterocycles. The van der Waals surface area contributed by atoms with E-state index in [9.17, 15) is 31.1 Å². The van der Waals surface area contributed by atoms with Crippen LogP contribution in [0.25, 0.3) is 6.08 Å². The number of amides is 1. The SMILES string of the molecule is CN(C)C(=O)C=Cc1cc(C(F)(F)F)cc(C(F)(F)F)c1. The number of alkyl halides is 6. The molecule has 0 unspecified atom stereocenters. The fourth-order valence-corrected chi connectivity index (χ4v) is 1.39. The fourth-order valence-electron chi connectivity index (χ4n) is 1.39. The molecule has 0 spiro atoms. The van der Waals surface area contributed by atoms with Gasteiger partial charge in [0.2, 0.25) is 5.91 Å². The van der Waals surface area contributed by atoms with Gasteiger partial charge in [-0.15, -0.1) is 0 Å². The first-order valence-corrected chi connectivity index (χ1v) is 5.60. The Morgan fingerprint density at radius 2 is 1.38 bits per heavy atom. The number of halogens is 6. The minimum absolute atomic E-state index is 0.0328. The zero-order chi connectivity index (χ0) is 16.4. The lowest BCUT2D eigenvalue weighted by atomic mass is 10.0. The fraction of sp³-hybridized carbons (Fsp3) is 0.308. The van der Waals surface area contributed by atoms with Gasteiger partial charge in [0.05, 0.1) is 11.1 Å². The molecule has 0 fully saturated rings.